The standard InChI is InChI=1S/C12H20O2/c1-2-4-6-8-12(9-7-5-3-1)13-10-11-14-12/h6,8H,1-5,7,9-11H2. The molecular formula is C12H20O2. The monoisotopic (exact) mass is 196 g/mol. The Labute approximate surface area is 86.3 Å². The number of hydrogen-bond acceptors (Lipinski definition) is 2. The van der Waals surface area contributed by atoms with Gasteiger partial charge in [-0.25, -0.2) is 0 Å². The lowest BCUT2D eigenvalue weighted by atomic mass is 10.0. The van der Waals surface area contributed by atoms with Crippen molar-refractivity contribution >= 4 is 0 Å². The Balaban J connectivity index is 1.97. The van der Waals surface area contributed by atoms with Gasteiger partial charge in [0.2, 0.25) is 0 Å². The molecule has 0 aromatic rings. The first-order valence-electron chi connectivity index (χ1n) is 5.87. The van der Waals surface area contributed by atoms with Crippen molar-refractivity contribution in [1.82, 2.24) is 0 Å². The molecule has 1 aliphatic heterocycles. The van der Waals surface area contributed by atoms with Gasteiger partial charge in [0, 0.05) is 6.42 Å². The summed E-state index contributed by atoms with van der Waals surface area (Å²) < 4.78 is 11.4. The molecule has 0 N–H and O–H groups in total. The van der Waals surface area contributed by atoms with Crippen molar-refractivity contribution < 1.29 is 9.47 Å². The molecule has 0 bridgehead atoms. The highest BCUT2D eigenvalue weighted by atomic mass is 16.7. The van der Waals surface area contributed by atoms with Crippen LogP contribution in [0.1, 0.15) is 44.9 Å². The molecule has 80 valence electrons. The molecule has 0 amide bonds. The fraction of sp³-hybridized carbons (Fsp3) is 0.833. The van der Waals surface area contributed by atoms with Crippen LogP contribution in [0.25, 0.3) is 0 Å². The summed E-state index contributed by atoms with van der Waals surface area (Å²) in [5.41, 5.74) is 0. The first kappa shape index (κ1) is 10.2. The second-order valence-corrected chi connectivity index (χ2v) is 4.22. The van der Waals surface area contributed by atoms with Crippen LogP contribution in [0.3, 0.4) is 0 Å². The average Bonchev–Trinajstić information content (AvgIpc) is 2.66. The maximum atomic E-state index is 5.70. The largest absolute Gasteiger partial charge is 0.344 e. The summed E-state index contributed by atoms with van der Waals surface area (Å²) >= 11 is 0. The van der Waals surface area contributed by atoms with Crippen LogP contribution in [0.4, 0.5) is 0 Å². The minimum atomic E-state index is -0.350. The minimum absolute atomic E-state index is 0.350. The van der Waals surface area contributed by atoms with Crippen molar-refractivity contribution in [3.63, 3.8) is 0 Å². The van der Waals surface area contributed by atoms with Crippen molar-refractivity contribution in [1.29, 1.82) is 0 Å². The van der Waals surface area contributed by atoms with Crippen LogP contribution in [-0.2, 0) is 9.47 Å². The molecule has 2 aliphatic rings. The van der Waals surface area contributed by atoms with E-state index in [0.29, 0.717) is 0 Å². The zero-order valence-electron chi connectivity index (χ0n) is 8.84. The van der Waals surface area contributed by atoms with Crippen LogP contribution < -0.4 is 0 Å². The quantitative estimate of drug-likeness (QED) is 0.554. The molecule has 0 radical (unpaired) electrons. The maximum absolute atomic E-state index is 5.70. The van der Waals surface area contributed by atoms with Crippen LogP contribution in [0, 0.1) is 0 Å². The van der Waals surface area contributed by atoms with Crippen molar-refractivity contribution in [2.45, 2.75) is 50.7 Å². The second-order valence-electron chi connectivity index (χ2n) is 4.22. The molecule has 0 unspecified atom stereocenters. The van der Waals surface area contributed by atoms with Gasteiger partial charge in [-0.05, 0) is 25.3 Å². The van der Waals surface area contributed by atoms with Gasteiger partial charge in [-0.3, -0.25) is 0 Å². The van der Waals surface area contributed by atoms with Crippen molar-refractivity contribution in [3.05, 3.63) is 12.2 Å². The summed E-state index contributed by atoms with van der Waals surface area (Å²) in [5.74, 6) is -0.350. The van der Waals surface area contributed by atoms with Crippen LogP contribution in [0.2, 0.25) is 0 Å². The zero-order valence-corrected chi connectivity index (χ0v) is 8.84. The summed E-state index contributed by atoms with van der Waals surface area (Å²) in [6.07, 6.45) is 13.2. The third kappa shape index (κ3) is 2.58. The zero-order chi connectivity index (χ0) is 9.69. The Bertz CT molecular complexity index is 192. The molecule has 0 atom stereocenters. The van der Waals surface area contributed by atoms with E-state index < -0.39 is 0 Å². The SMILES string of the molecule is C1=CC2(CCCCCCC1)OCCO2. The predicted octanol–water partition coefficient (Wildman–Crippen LogP) is 3.03. The second kappa shape index (κ2) is 4.94. The predicted molar refractivity (Wildman–Crippen MR) is 56.1 cm³/mol. The van der Waals surface area contributed by atoms with E-state index >= 15 is 0 Å². The molecule has 2 rings (SSSR count). The van der Waals surface area contributed by atoms with Gasteiger partial charge >= 0.3 is 0 Å². The number of hydrogen-bond donors (Lipinski definition) is 0. The number of rotatable bonds is 0. The first-order valence-corrected chi connectivity index (χ1v) is 5.87. The van der Waals surface area contributed by atoms with Gasteiger partial charge in [-0.15, -0.1) is 0 Å². The molecule has 2 nitrogen and oxygen atoms in total. The molecule has 14 heavy (non-hydrogen) atoms. The van der Waals surface area contributed by atoms with Gasteiger partial charge in [-0.2, -0.15) is 0 Å². The van der Waals surface area contributed by atoms with E-state index in [1.165, 1.54) is 38.5 Å². The summed E-state index contributed by atoms with van der Waals surface area (Å²) in [5, 5.41) is 0. The maximum Gasteiger partial charge on any atom is 0.187 e. The van der Waals surface area contributed by atoms with Crippen LogP contribution in [0.15, 0.2) is 12.2 Å². The van der Waals surface area contributed by atoms with Gasteiger partial charge in [0.05, 0.1) is 13.2 Å². The van der Waals surface area contributed by atoms with Crippen molar-refractivity contribution in [2.24, 2.45) is 0 Å². The highest BCUT2D eigenvalue weighted by Gasteiger charge is 2.32. The Morgan fingerprint density at radius 1 is 0.857 bits per heavy atom. The van der Waals surface area contributed by atoms with Crippen molar-refractivity contribution in [3.8, 4) is 0 Å². The summed E-state index contributed by atoms with van der Waals surface area (Å²) in [4.78, 5) is 0. The van der Waals surface area contributed by atoms with E-state index in [-0.39, 0.29) is 5.79 Å². The van der Waals surface area contributed by atoms with Crippen LogP contribution >= 0.6 is 0 Å². The number of allylic oxidation sites excluding steroid dienone is 1. The van der Waals surface area contributed by atoms with Gasteiger partial charge in [-0.1, -0.05) is 25.3 Å². The van der Waals surface area contributed by atoms with Gasteiger partial charge in [0.15, 0.2) is 5.79 Å². The van der Waals surface area contributed by atoms with E-state index in [1.54, 1.807) is 0 Å². The Morgan fingerprint density at radius 2 is 1.57 bits per heavy atom. The van der Waals surface area contributed by atoms with E-state index in [2.05, 4.69) is 12.2 Å². The molecule has 0 aromatic heterocycles. The topological polar surface area (TPSA) is 18.5 Å². The number of ether oxygens (including phenoxy) is 2. The van der Waals surface area contributed by atoms with E-state index in [0.717, 1.165) is 19.6 Å². The molecule has 1 heterocycles. The van der Waals surface area contributed by atoms with Crippen LogP contribution in [0.5, 0.6) is 0 Å². The van der Waals surface area contributed by atoms with Gasteiger partial charge < -0.3 is 9.47 Å². The van der Waals surface area contributed by atoms with E-state index in [4.69, 9.17) is 9.47 Å². The lowest BCUT2D eigenvalue weighted by Crippen LogP contribution is -2.27. The highest BCUT2D eigenvalue weighted by molar-refractivity contribution is 4.98. The fourth-order valence-corrected chi connectivity index (χ4v) is 2.22. The molecule has 2 heteroatoms. The Morgan fingerprint density at radius 3 is 2.43 bits per heavy atom. The Kier molecular flexibility index (Phi) is 3.60. The Hall–Kier alpha value is -0.340. The fourth-order valence-electron chi connectivity index (χ4n) is 2.22. The van der Waals surface area contributed by atoms with Crippen molar-refractivity contribution in [2.75, 3.05) is 13.2 Å². The van der Waals surface area contributed by atoms with E-state index in [9.17, 15) is 0 Å². The van der Waals surface area contributed by atoms with Gasteiger partial charge in [0.25, 0.3) is 0 Å². The first-order chi connectivity index (χ1) is 6.91. The molecule has 0 aromatic carbocycles. The average molecular weight is 196 g/mol. The molecular weight excluding hydrogens is 176 g/mol. The normalized spacial score (nSPS) is 28.0. The molecule has 1 spiro atoms. The van der Waals surface area contributed by atoms with E-state index in [1.807, 2.05) is 0 Å². The highest BCUT2D eigenvalue weighted by Crippen LogP contribution is 2.28. The summed E-state index contributed by atoms with van der Waals surface area (Å²) in [7, 11) is 0. The summed E-state index contributed by atoms with van der Waals surface area (Å²) in [6, 6.07) is 0. The van der Waals surface area contributed by atoms with Crippen LogP contribution in [-0.4, -0.2) is 19.0 Å². The third-order valence-corrected chi connectivity index (χ3v) is 3.04. The minimum Gasteiger partial charge on any atom is -0.344 e. The lowest BCUT2D eigenvalue weighted by Gasteiger charge is -2.24. The smallest absolute Gasteiger partial charge is 0.187 e. The molecule has 1 fully saturated rings. The molecule has 1 aliphatic carbocycles. The lowest BCUT2D eigenvalue weighted by molar-refractivity contribution is -0.122. The molecule has 1 saturated heterocycles. The molecule has 0 saturated carbocycles. The summed E-state index contributed by atoms with van der Waals surface area (Å²) in [6.45, 7) is 1.51. The van der Waals surface area contributed by atoms with Gasteiger partial charge in [0.1, 0.15) is 0 Å². The third-order valence-electron chi connectivity index (χ3n) is 3.04.